The summed E-state index contributed by atoms with van der Waals surface area (Å²) in [5.41, 5.74) is 0.169. The number of nitriles is 1. The minimum absolute atomic E-state index is 0.0751. The molecule has 1 saturated heterocycles. The molecule has 0 spiro atoms. The van der Waals surface area contributed by atoms with Crippen LogP contribution in [-0.4, -0.2) is 40.4 Å². The molecule has 1 atom stereocenters. The van der Waals surface area contributed by atoms with Crippen molar-refractivity contribution in [1.29, 1.82) is 5.26 Å². The first-order chi connectivity index (χ1) is 16.4. The van der Waals surface area contributed by atoms with E-state index in [1.54, 1.807) is 10.8 Å². The maximum atomic E-state index is 14.8. The standard InChI is InChI=1S/C22H19ClFN5O5/c1-32-22(31)12-6-8-26-21(19(12)28-16(30)5-7-25)34-20-13-11-27-29(17-4-2-3-9-33-17)15(13)10-14(24)18(20)23/h6,8,10-11,17H,2-5,9H2,1H3,(H,28,30). The molecule has 0 aliphatic carbocycles. The van der Waals surface area contributed by atoms with E-state index in [4.69, 9.17) is 31.1 Å². The van der Waals surface area contributed by atoms with E-state index < -0.39 is 24.1 Å². The number of anilines is 1. The van der Waals surface area contributed by atoms with E-state index in [1.807, 2.05) is 0 Å². The van der Waals surface area contributed by atoms with Crippen molar-refractivity contribution in [2.45, 2.75) is 31.9 Å². The third-order valence-corrected chi connectivity index (χ3v) is 5.56. The molecule has 0 radical (unpaired) electrons. The lowest BCUT2D eigenvalue weighted by Gasteiger charge is -2.23. The summed E-state index contributed by atoms with van der Waals surface area (Å²) >= 11 is 6.24. The van der Waals surface area contributed by atoms with Gasteiger partial charge in [0.15, 0.2) is 12.0 Å². The van der Waals surface area contributed by atoms with Crippen LogP contribution in [0.3, 0.4) is 0 Å². The van der Waals surface area contributed by atoms with Crippen molar-refractivity contribution in [2.24, 2.45) is 0 Å². The molecule has 1 aromatic carbocycles. The number of aromatic nitrogens is 3. The van der Waals surface area contributed by atoms with E-state index in [1.165, 1.54) is 31.6 Å². The van der Waals surface area contributed by atoms with E-state index in [-0.39, 0.29) is 34.1 Å². The van der Waals surface area contributed by atoms with Gasteiger partial charge in [0.25, 0.3) is 0 Å². The molecule has 34 heavy (non-hydrogen) atoms. The number of halogens is 2. The highest BCUT2D eigenvalue weighted by atomic mass is 35.5. The highest BCUT2D eigenvalue weighted by molar-refractivity contribution is 6.33. The van der Waals surface area contributed by atoms with Crippen molar-refractivity contribution < 1.29 is 28.2 Å². The second-order valence-electron chi connectivity index (χ2n) is 7.36. The number of pyridine rings is 1. The minimum atomic E-state index is -0.780. The maximum Gasteiger partial charge on any atom is 0.340 e. The molecule has 1 amide bonds. The molecule has 1 aliphatic rings. The van der Waals surface area contributed by atoms with Gasteiger partial charge in [-0.3, -0.25) is 4.79 Å². The number of carbonyl (C=O) groups is 2. The lowest BCUT2D eigenvalue weighted by Crippen LogP contribution is -2.19. The predicted octanol–water partition coefficient (Wildman–Crippen LogP) is 4.35. The van der Waals surface area contributed by atoms with Gasteiger partial charge in [0.1, 0.15) is 22.9 Å². The van der Waals surface area contributed by atoms with Crippen LogP contribution in [0.1, 0.15) is 42.3 Å². The summed E-state index contributed by atoms with van der Waals surface area (Å²) in [6.07, 6.45) is 4.48. The molecular formula is C22H19ClFN5O5. The van der Waals surface area contributed by atoms with E-state index in [0.29, 0.717) is 17.5 Å². The van der Waals surface area contributed by atoms with Gasteiger partial charge in [0, 0.05) is 18.9 Å². The molecule has 10 nitrogen and oxygen atoms in total. The Morgan fingerprint density at radius 2 is 2.26 bits per heavy atom. The normalized spacial score (nSPS) is 15.5. The predicted molar refractivity (Wildman–Crippen MR) is 118 cm³/mol. The van der Waals surface area contributed by atoms with Crippen LogP contribution < -0.4 is 10.1 Å². The molecular weight excluding hydrogens is 469 g/mol. The number of carbonyl (C=O) groups excluding carboxylic acids is 2. The zero-order valence-corrected chi connectivity index (χ0v) is 18.8. The van der Waals surface area contributed by atoms with Gasteiger partial charge in [-0.2, -0.15) is 10.4 Å². The first kappa shape index (κ1) is 23.4. The van der Waals surface area contributed by atoms with Crippen LogP contribution in [0.4, 0.5) is 10.1 Å². The summed E-state index contributed by atoms with van der Waals surface area (Å²) in [7, 11) is 1.17. The molecule has 3 aromatic rings. The number of methoxy groups -OCH3 is 1. The van der Waals surface area contributed by atoms with Crippen molar-refractivity contribution >= 4 is 40.1 Å². The van der Waals surface area contributed by atoms with Crippen LogP contribution in [0.5, 0.6) is 11.6 Å². The molecule has 1 N–H and O–H groups in total. The first-order valence-corrected chi connectivity index (χ1v) is 10.7. The number of fused-ring (bicyclic) bond motifs is 1. The van der Waals surface area contributed by atoms with Crippen LogP contribution in [0.15, 0.2) is 24.5 Å². The van der Waals surface area contributed by atoms with Gasteiger partial charge >= 0.3 is 5.97 Å². The lowest BCUT2D eigenvalue weighted by atomic mass is 10.1. The third-order valence-electron chi connectivity index (χ3n) is 5.20. The number of nitrogens with one attached hydrogen (secondary N) is 1. The van der Waals surface area contributed by atoms with Gasteiger partial charge < -0.3 is 19.5 Å². The number of nitrogens with zero attached hydrogens (tertiary/aromatic N) is 4. The fourth-order valence-electron chi connectivity index (χ4n) is 3.62. The maximum absolute atomic E-state index is 14.8. The van der Waals surface area contributed by atoms with Crippen molar-refractivity contribution in [3.05, 3.63) is 40.9 Å². The Kier molecular flexibility index (Phi) is 6.90. The van der Waals surface area contributed by atoms with Crippen LogP contribution in [0.25, 0.3) is 10.9 Å². The minimum Gasteiger partial charge on any atom is -0.465 e. The zero-order valence-electron chi connectivity index (χ0n) is 18.0. The van der Waals surface area contributed by atoms with Crippen molar-refractivity contribution in [1.82, 2.24) is 14.8 Å². The fourth-order valence-corrected chi connectivity index (χ4v) is 3.81. The largest absolute Gasteiger partial charge is 0.465 e. The van der Waals surface area contributed by atoms with Crippen molar-refractivity contribution in [3.63, 3.8) is 0 Å². The highest BCUT2D eigenvalue weighted by Crippen LogP contribution is 2.41. The second-order valence-corrected chi connectivity index (χ2v) is 7.74. The Morgan fingerprint density at radius 1 is 1.44 bits per heavy atom. The second kappa shape index (κ2) is 10.0. The summed E-state index contributed by atoms with van der Waals surface area (Å²) in [6, 6.07) is 4.26. The van der Waals surface area contributed by atoms with Crippen molar-refractivity contribution in [2.75, 3.05) is 19.0 Å². The number of rotatable bonds is 6. The van der Waals surface area contributed by atoms with Crippen LogP contribution in [-0.2, 0) is 14.3 Å². The number of hydrogen-bond acceptors (Lipinski definition) is 8. The Balaban J connectivity index is 1.81. The average Bonchev–Trinajstić information content (AvgIpc) is 3.26. The van der Waals surface area contributed by atoms with Gasteiger partial charge in [-0.25, -0.2) is 18.9 Å². The molecule has 1 unspecified atom stereocenters. The average molecular weight is 488 g/mol. The number of esters is 1. The lowest BCUT2D eigenvalue weighted by molar-refractivity contribution is -0.115. The van der Waals surface area contributed by atoms with Gasteiger partial charge in [-0.15, -0.1) is 0 Å². The van der Waals surface area contributed by atoms with Gasteiger partial charge in [0.2, 0.25) is 11.8 Å². The molecule has 1 fully saturated rings. The Hall–Kier alpha value is -3.75. The SMILES string of the molecule is COC(=O)c1ccnc(Oc2c(Cl)c(F)cc3c2cnn3C2CCCCO2)c1NC(=O)CC#N. The third kappa shape index (κ3) is 4.50. The number of amides is 1. The van der Waals surface area contributed by atoms with Gasteiger partial charge in [-0.05, 0) is 25.3 Å². The molecule has 0 bridgehead atoms. The Morgan fingerprint density at radius 3 is 2.97 bits per heavy atom. The van der Waals surface area contributed by atoms with Gasteiger partial charge in [-0.1, -0.05) is 11.6 Å². The van der Waals surface area contributed by atoms with Crippen LogP contribution in [0, 0.1) is 17.1 Å². The van der Waals surface area contributed by atoms with E-state index in [9.17, 15) is 14.0 Å². The molecule has 12 heteroatoms. The van der Waals surface area contributed by atoms with E-state index in [2.05, 4.69) is 15.4 Å². The monoisotopic (exact) mass is 487 g/mol. The molecule has 0 saturated carbocycles. The summed E-state index contributed by atoms with van der Waals surface area (Å²) in [6.45, 7) is 0.571. The molecule has 1 aliphatic heterocycles. The summed E-state index contributed by atoms with van der Waals surface area (Å²) in [5, 5.41) is 15.6. The molecule has 176 valence electrons. The van der Waals surface area contributed by atoms with E-state index in [0.717, 1.165) is 19.3 Å². The zero-order chi connectivity index (χ0) is 24.2. The quantitative estimate of drug-likeness (QED) is 0.508. The smallest absolute Gasteiger partial charge is 0.340 e. The number of hydrogen-bond donors (Lipinski definition) is 1. The summed E-state index contributed by atoms with van der Waals surface area (Å²) < 4.78 is 32.8. The van der Waals surface area contributed by atoms with Crippen LogP contribution in [0.2, 0.25) is 5.02 Å². The van der Waals surface area contributed by atoms with Gasteiger partial charge in [0.05, 0.1) is 35.8 Å². The topological polar surface area (TPSA) is 128 Å². The first-order valence-electron chi connectivity index (χ1n) is 10.3. The Labute approximate surface area is 198 Å². The molecule has 3 heterocycles. The fraction of sp³-hybridized carbons (Fsp3) is 0.318. The Bertz CT molecular complexity index is 1300. The van der Waals surface area contributed by atoms with E-state index >= 15 is 0 Å². The summed E-state index contributed by atoms with van der Waals surface area (Å²) in [4.78, 5) is 28.4. The number of ether oxygens (including phenoxy) is 3. The van der Waals surface area contributed by atoms with Crippen molar-refractivity contribution in [3.8, 4) is 17.7 Å². The van der Waals surface area contributed by atoms with Crippen LogP contribution >= 0.6 is 11.6 Å². The molecule has 2 aromatic heterocycles. The summed E-state index contributed by atoms with van der Waals surface area (Å²) in [5.74, 6) is -2.60. The number of benzene rings is 1. The molecule has 4 rings (SSSR count). The highest BCUT2D eigenvalue weighted by Gasteiger charge is 2.26.